The Morgan fingerprint density at radius 2 is 1.97 bits per heavy atom. The molecule has 15 heteroatoms. The highest BCUT2D eigenvalue weighted by atomic mass is 32.2. The number of hydrogen-bond donors (Lipinski definition) is 5. The lowest BCUT2D eigenvalue weighted by Gasteiger charge is -2.49. The largest absolute Gasteiger partial charge is 0.477 e. The maximum atomic E-state index is 12.8. The number of piperidine rings is 1. The van der Waals surface area contributed by atoms with Crippen LogP contribution in [-0.2, 0) is 19.2 Å². The molecule has 0 radical (unpaired) electrons. The minimum Gasteiger partial charge on any atom is -0.477 e. The van der Waals surface area contributed by atoms with E-state index in [0.29, 0.717) is 13.1 Å². The molecule has 0 saturated carbocycles. The van der Waals surface area contributed by atoms with Crippen LogP contribution in [0.3, 0.4) is 0 Å². The third-order valence-corrected chi connectivity index (χ3v) is 7.77. The summed E-state index contributed by atoms with van der Waals surface area (Å²) in [5, 5.41) is 35.8. The van der Waals surface area contributed by atoms with Crippen molar-refractivity contribution in [3.63, 3.8) is 0 Å². The molecule has 3 amide bonds. The molecule has 6 N–H and O–H groups in total. The Morgan fingerprint density at radius 3 is 2.56 bits per heavy atom. The summed E-state index contributed by atoms with van der Waals surface area (Å²) in [6.45, 7) is 0.967. The van der Waals surface area contributed by atoms with Crippen molar-refractivity contribution in [3.05, 3.63) is 22.3 Å². The van der Waals surface area contributed by atoms with E-state index in [0.717, 1.165) is 47.3 Å². The average Bonchev–Trinajstić information content (AvgIpc) is 3.27. The highest BCUT2D eigenvalue weighted by Gasteiger charge is 2.55. The van der Waals surface area contributed by atoms with E-state index >= 15 is 0 Å². The van der Waals surface area contributed by atoms with E-state index in [1.807, 2.05) is 0 Å². The number of carbonyl (C=O) groups is 4. The molecule has 3 unspecified atom stereocenters. The van der Waals surface area contributed by atoms with Gasteiger partial charge in [-0.1, -0.05) is 5.16 Å². The number of nitrogens with zero attached hydrogens (tertiary/aromatic N) is 4. The van der Waals surface area contributed by atoms with Gasteiger partial charge in [0.1, 0.15) is 22.8 Å². The van der Waals surface area contributed by atoms with Crippen LogP contribution in [0.4, 0.5) is 5.13 Å². The highest BCUT2D eigenvalue weighted by molar-refractivity contribution is 8.00. The van der Waals surface area contributed by atoms with Gasteiger partial charge < -0.3 is 31.4 Å². The molecule has 2 saturated heterocycles. The van der Waals surface area contributed by atoms with E-state index in [2.05, 4.69) is 15.5 Å². The van der Waals surface area contributed by atoms with E-state index in [1.54, 1.807) is 0 Å². The van der Waals surface area contributed by atoms with Gasteiger partial charge in [-0.15, -0.1) is 23.1 Å². The van der Waals surface area contributed by atoms with Crippen LogP contribution in [0.15, 0.2) is 21.8 Å². The Kier molecular flexibility index (Phi) is 6.77. The number of carbonyl (C=O) groups excluding carboxylic acids is 3. The van der Waals surface area contributed by atoms with Gasteiger partial charge in [0.05, 0.1) is 0 Å². The quantitative estimate of drug-likeness (QED) is 0.137. The normalized spacial score (nSPS) is 23.8. The lowest BCUT2D eigenvalue weighted by atomic mass is 9.99. The number of thioether (sulfide) groups is 1. The fourth-order valence-corrected chi connectivity index (χ4v) is 6.04. The minimum atomic E-state index is -1.68. The van der Waals surface area contributed by atoms with E-state index in [9.17, 15) is 34.6 Å². The Morgan fingerprint density at radius 1 is 1.26 bits per heavy atom. The molecule has 182 valence electrons. The van der Waals surface area contributed by atoms with Gasteiger partial charge in [0.2, 0.25) is 0 Å². The second-order valence-electron chi connectivity index (χ2n) is 7.85. The minimum absolute atomic E-state index is 0.0211. The molecule has 1 aromatic rings. The number of oxime groups is 1. The third-order valence-electron chi connectivity index (χ3n) is 5.80. The van der Waals surface area contributed by atoms with Gasteiger partial charge in [0.25, 0.3) is 17.7 Å². The van der Waals surface area contributed by atoms with Crippen LogP contribution in [0.25, 0.3) is 0 Å². The van der Waals surface area contributed by atoms with Gasteiger partial charge in [-0.2, -0.15) is 0 Å². The number of hydrogen-bond acceptors (Lipinski definition) is 11. The molecule has 1 aromatic heterocycles. The van der Waals surface area contributed by atoms with E-state index in [-0.39, 0.29) is 22.2 Å². The van der Waals surface area contributed by atoms with Crippen LogP contribution in [0.5, 0.6) is 0 Å². The van der Waals surface area contributed by atoms with E-state index in [4.69, 9.17) is 5.73 Å². The van der Waals surface area contributed by atoms with Crippen molar-refractivity contribution < 1.29 is 34.6 Å². The van der Waals surface area contributed by atoms with Crippen molar-refractivity contribution in [1.82, 2.24) is 20.1 Å². The first-order valence-corrected chi connectivity index (χ1v) is 12.3. The van der Waals surface area contributed by atoms with Gasteiger partial charge in [-0.25, -0.2) is 9.78 Å². The summed E-state index contributed by atoms with van der Waals surface area (Å²) in [4.78, 5) is 56.5. The number of aromatic nitrogens is 1. The number of nitrogen functional groups attached to an aromatic ring is 1. The van der Waals surface area contributed by atoms with Gasteiger partial charge >= 0.3 is 5.97 Å². The van der Waals surface area contributed by atoms with E-state index < -0.39 is 52.6 Å². The van der Waals surface area contributed by atoms with Crippen LogP contribution in [-0.4, -0.2) is 96.0 Å². The monoisotopic (exact) mass is 510 g/mol. The van der Waals surface area contributed by atoms with Gasteiger partial charge in [-0.05, 0) is 19.3 Å². The number of aliphatic carboxylic acids is 1. The van der Waals surface area contributed by atoms with Crippen molar-refractivity contribution in [2.24, 2.45) is 5.16 Å². The Hall–Kier alpha value is -3.17. The molecule has 3 aliphatic heterocycles. The van der Waals surface area contributed by atoms with Crippen molar-refractivity contribution in [1.29, 1.82) is 0 Å². The zero-order valence-corrected chi connectivity index (χ0v) is 19.3. The van der Waals surface area contributed by atoms with Crippen molar-refractivity contribution in [2.45, 2.75) is 36.8 Å². The molecule has 0 spiro atoms. The Labute approximate surface area is 201 Å². The summed E-state index contributed by atoms with van der Waals surface area (Å²) in [7, 11) is 0. The number of rotatable bonds is 6. The van der Waals surface area contributed by atoms with Gasteiger partial charge in [0, 0.05) is 29.8 Å². The number of β-lactam (4-membered cyclic amide) rings is 1. The lowest BCUT2D eigenvalue weighted by Crippen LogP contribution is -2.71. The summed E-state index contributed by atoms with van der Waals surface area (Å²) >= 11 is 2.14. The summed E-state index contributed by atoms with van der Waals surface area (Å²) in [5.74, 6) is -3.69. The van der Waals surface area contributed by atoms with Crippen molar-refractivity contribution in [3.8, 4) is 0 Å². The predicted octanol–water partition coefficient (Wildman–Crippen LogP) is -0.984. The standard InChI is InChI=1S/C19H22N6O7S2/c20-19-21-9(7-34-19)10(23-32)14(27)22-11-15(28)25-12(18(30)31)8(6-33-17(11)25)13(26)16(29)24-4-2-1-3-5-24/h7,11,13,17,26,32H,1-6H2,(H2,20,21)(H,22,27)(H,30,31)/b23-10-. The number of carboxylic acids is 1. The number of likely N-dealkylation sites (tertiary alicyclic amines) is 1. The van der Waals surface area contributed by atoms with Gasteiger partial charge in [-0.3, -0.25) is 19.3 Å². The first-order valence-electron chi connectivity index (χ1n) is 10.4. The number of aliphatic hydroxyl groups excluding tert-OH is 1. The summed E-state index contributed by atoms with van der Waals surface area (Å²) < 4.78 is 0. The predicted molar refractivity (Wildman–Crippen MR) is 121 cm³/mol. The number of carboxylic acid groups (broad SMARTS) is 1. The SMILES string of the molecule is Nc1nc(/C(=N/O)C(=O)NC2C(=O)N3C(C(=O)O)=C(C(O)C(=O)N4CCCCC4)CSC23)cs1. The van der Waals surface area contributed by atoms with Gasteiger partial charge in [0.15, 0.2) is 16.9 Å². The third kappa shape index (κ3) is 4.21. The van der Waals surface area contributed by atoms with Crippen molar-refractivity contribution >= 4 is 57.6 Å². The molecule has 2 fully saturated rings. The summed E-state index contributed by atoms with van der Waals surface area (Å²) in [6.07, 6.45) is 0.911. The molecule has 0 aromatic carbocycles. The van der Waals surface area contributed by atoms with Crippen LogP contribution in [0.1, 0.15) is 25.0 Å². The fraction of sp³-hybridized carbons (Fsp3) is 0.474. The van der Waals surface area contributed by atoms with E-state index in [1.165, 1.54) is 10.3 Å². The van der Waals surface area contributed by atoms with Crippen molar-refractivity contribution in [2.75, 3.05) is 24.6 Å². The first kappa shape index (κ1) is 24.0. The van der Waals surface area contributed by atoms with Crippen LogP contribution < -0.4 is 11.1 Å². The molecule has 4 rings (SSSR count). The summed E-state index contributed by atoms with van der Waals surface area (Å²) in [6, 6.07) is -1.10. The molecule has 3 aliphatic rings. The number of aliphatic hydroxyl groups is 1. The second kappa shape index (κ2) is 9.60. The molecule has 34 heavy (non-hydrogen) atoms. The summed E-state index contributed by atoms with van der Waals surface area (Å²) in [5.41, 5.74) is 4.60. The molecular formula is C19H22N6O7S2. The molecule has 0 bridgehead atoms. The van der Waals surface area contributed by atoms with Crippen LogP contribution >= 0.6 is 23.1 Å². The molecular weight excluding hydrogens is 488 g/mol. The molecule has 13 nitrogen and oxygen atoms in total. The lowest BCUT2D eigenvalue weighted by molar-refractivity contribution is -0.150. The second-order valence-corrected chi connectivity index (χ2v) is 9.84. The zero-order chi connectivity index (χ0) is 24.6. The molecule has 0 aliphatic carbocycles. The Bertz CT molecular complexity index is 1100. The smallest absolute Gasteiger partial charge is 0.352 e. The number of amides is 3. The van der Waals surface area contributed by atoms with Crippen LogP contribution in [0.2, 0.25) is 0 Å². The topological polar surface area (TPSA) is 199 Å². The number of anilines is 1. The highest BCUT2D eigenvalue weighted by Crippen LogP contribution is 2.41. The Balaban J connectivity index is 1.51. The number of fused-ring (bicyclic) bond motifs is 1. The van der Waals surface area contributed by atoms with Crippen LogP contribution in [0, 0.1) is 0 Å². The maximum absolute atomic E-state index is 12.8. The molecule has 3 atom stereocenters. The number of nitrogens with one attached hydrogen (secondary N) is 1. The maximum Gasteiger partial charge on any atom is 0.352 e. The number of thiazole rings is 1. The first-order chi connectivity index (χ1) is 16.2. The zero-order valence-electron chi connectivity index (χ0n) is 17.7. The number of nitrogens with two attached hydrogens (primary N) is 1. The fourth-order valence-electron chi connectivity index (χ4n) is 4.11. The molecule has 4 heterocycles. The average molecular weight is 511 g/mol.